The smallest absolute Gasteiger partial charge is 0.141 e. The van der Waals surface area contributed by atoms with Gasteiger partial charge in [0, 0.05) is 43.1 Å². The Morgan fingerprint density at radius 1 is 1.37 bits per heavy atom. The normalized spacial score (nSPS) is 11.1. The topological polar surface area (TPSA) is 56.7 Å². The Bertz CT molecular complexity index is 709. The summed E-state index contributed by atoms with van der Waals surface area (Å²) in [5.41, 5.74) is 9.36. The molecule has 0 spiro atoms. The molecule has 0 saturated heterocycles. The highest BCUT2D eigenvalue weighted by atomic mass is 35.5. The molecule has 4 nitrogen and oxygen atoms in total. The van der Waals surface area contributed by atoms with Gasteiger partial charge in [0.2, 0.25) is 0 Å². The van der Waals surface area contributed by atoms with Crippen molar-refractivity contribution in [2.75, 3.05) is 0 Å². The van der Waals surface area contributed by atoms with Crippen molar-refractivity contribution in [1.82, 2.24) is 14.5 Å². The van der Waals surface area contributed by atoms with Crippen LogP contribution in [0.4, 0.5) is 0 Å². The number of nitrogens with zero attached hydrogens (tertiary/aromatic N) is 3. The van der Waals surface area contributed by atoms with E-state index in [9.17, 15) is 0 Å². The number of hydrogen-bond donors (Lipinski definition) is 1. The van der Waals surface area contributed by atoms with Crippen LogP contribution in [-0.2, 0) is 13.6 Å². The molecular formula is C14H13ClN4. The second kappa shape index (κ2) is 4.64. The summed E-state index contributed by atoms with van der Waals surface area (Å²) in [5.74, 6) is 0. The summed E-state index contributed by atoms with van der Waals surface area (Å²) in [7, 11) is 1.95. The second-order valence-corrected chi connectivity index (χ2v) is 4.76. The molecule has 0 amide bonds. The molecule has 0 aliphatic rings. The molecule has 2 N–H and O–H groups in total. The number of nitrogens with two attached hydrogens (primary N) is 1. The summed E-state index contributed by atoms with van der Waals surface area (Å²) in [5, 5.41) is 1.64. The van der Waals surface area contributed by atoms with Gasteiger partial charge in [-0.15, -0.1) is 0 Å². The van der Waals surface area contributed by atoms with E-state index in [4.69, 9.17) is 17.3 Å². The summed E-state index contributed by atoms with van der Waals surface area (Å²) in [4.78, 5) is 8.58. The number of halogens is 1. The van der Waals surface area contributed by atoms with E-state index in [0.717, 1.165) is 27.9 Å². The van der Waals surface area contributed by atoms with Gasteiger partial charge in [0.25, 0.3) is 0 Å². The first-order valence-corrected chi connectivity index (χ1v) is 6.33. The van der Waals surface area contributed by atoms with E-state index in [2.05, 4.69) is 9.97 Å². The van der Waals surface area contributed by atoms with Crippen molar-refractivity contribution in [1.29, 1.82) is 0 Å². The van der Waals surface area contributed by atoms with E-state index in [0.29, 0.717) is 11.6 Å². The fraction of sp³-hybridized carbons (Fsp3) is 0.143. The monoisotopic (exact) mass is 272 g/mol. The Morgan fingerprint density at radius 3 is 2.95 bits per heavy atom. The quantitative estimate of drug-likeness (QED) is 0.780. The molecule has 0 fully saturated rings. The summed E-state index contributed by atoms with van der Waals surface area (Å²) >= 11 is 6.47. The van der Waals surface area contributed by atoms with E-state index in [1.165, 1.54) is 0 Å². The molecule has 0 radical (unpaired) electrons. The number of aromatic nitrogens is 3. The van der Waals surface area contributed by atoms with Gasteiger partial charge < -0.3 is 10.3 Å². The molecule has 0 saturated carbocycles. The molecule has 5 heteroatoms. The summed E-state index contributed by atoms with van der Waals surface area (Å²) in [6.45, 7) is 0.459. The highest BCUT2D eigenvalue weighted by Crippen LogP contribution is 2.35. The van der Waals surface area contributed by atoms with Gasteiger partial charge in [-0.25, -0.2) is 4.98 Å². The standard InChI is InChI=1S/C14H13ClN4/c1-19-13(10-5-9(6-16)7-17-8-10)12(15)11-3-2-4-18-14(11)19/h2-5,7-8H,6,16H2,1H3. The predicted octanol–water partition coefficient (Wildman–Crippen LogP) is 2.75. The van der Waals surface area contributed by atoms with Gasteiger partial charge in [0.15, 0.2) is 0 Å². The molecule has 0 aromatic carbocycles. The Hall–Kier alpha value is -1.91. The Kier molecular flexibility index (Phi) is 2.97. The highest BCUT2D eigenvalue weighted by molar-refractivity contribution is 6.38. The van der Waals surface area contributed by atoms with E-state index >= 15 is 0 Å². The van der Waals surface area contributed by atoms with Crippen LogP contribution in [0.25, 0.3) is 22.3 Å². The van der Waals surface area contributed by atoms with Crippen LogP contribution in [0.5, 0.6) is 0 Å². The molecule has 3 aromatic heterocycles. The number of pyridine rings is 2. The molecule has 96 valence electrons. The lowest BCUT2D eigenvalue weighted by molar-refractivity contribution is 0.953. The fourth-order valence-electron chi connectivity index (χ4n) is 2.27. The Labute approximate surface area is 115 Å². The molecule has 3 rings (SSSR count). The second-order valence-electron chi connectivity index (χ2n) is 4.38. The van der Waals surface area contributed by atoms with Crippen molar-refractivity contribution in [2.24, 2.45) is 12.8 Å². The van der Waals surface area contributed by atoms with E-state index in [1.54, 1.807) is 18.6 Å². The lowest BCUT2D eigenvalue weighted by Gasteiger charge is -2.06. The van der Waals surface area contributed by atoms with Gasteiger partial charge in [-0.2, -0.15) is 0 Å². The first-order valence-electron chi connectivity index (χ1n) is 5.95. The van der Waals surface area contributed by atoms with Gasteiger partial charge >= 0.3 is 0 Å². The zero-order valence-corrected chi connectivity index (χ0v) is 11.2. The van der Waals surface area contributed by atoms with Crippen molar-refractivity contribution in [2.45, 2.75) is 6.54 Å². The van der Waals surface area contributed by atoms with Crippen LogP contribution in [0.15, 0.2) is 36.8 Å². The van der Waals surface area contributed by atoms with Crippen molar-refractivity contribution in [3.8, 4) is 11.3 Å². The molecule has 3 aromatic rings. The molecule has 0 atom stereocenters. The van der Waals surface area contributed by atoms with E-state index < -0.39 is 0 Å². The van der Waals surface area contributed by atoms with Gasteiger partial charge in [0.05, 0.1) is 10.7 Å². The van der Waals surface area contributed by atoms with Crippen LogP contribution in [0.2, 0.25) is 5.02 Å². The van der Waals surface area contributed by atoms with Crippen molar-refractivity contribution < 1.29 is 0 Å². The van der Waals surface area contributed by atoms with Gasteiger partial charge in [-0.1, -0.05) is 11.6 Å². The van der Waals surface area contributed by atoms with E-state index in [-0.39, 0.29) is 0 Å². The largest absolute Gasteiger partial charge is 0.327 e. The summed E-state index contributed by atoms with van der Waals surface area (Å²) in [6, 6.07) is 5.86. The molecule has 0 unspecified atom stereocenters. The van der Waals surface area contributed by atoms with Crippen LogP contribution in [0, 0.1) is 0 Å². The SMILES string of the molecule is Cn1c(-c2cncc(CN)c2)c(Cl)c2cccnc21. The van der Waals surface area contributed by atoms with Gasteiger partial charge in [-0.3, -0.25) is 4.98 Å². The minimum Gasteiger partial charge on any atom is -0.327 e. The number of rotatable bonds is 2. The lowest BCUT2D eigenvalue weighted by Crippen LogP contribution is -1.99. The third-order valence-electron chi connectivity index (χ3n) is 3.19. The molecule has 0 aliphatic heterocycles. The molecular weight excluding hydrogens is 260 g/mol. The lowest BCUT2D eigenvalue weighted by atomic mass is 10.1. The highest BCUT2D eigenvalue weighted by Gasteiger charge is 2.16. The Morgan fingerprint density at radius 2 is 2.21 bits per heavy atom. The number of hydrogen-bond acceptors (Lipinski definition) is 3. The molecule has 3 heterocycles. The number of aryl methyl sites for hydroxylation is 1. The zero-order valence-electron chi connectivity index (χ0n) is 10.5. The average molecular weight is 273 g/mol. The molecule has 0 aliphatic carbocycles. The van der Waals surface area contributed by atoms with E-state index in [1.807, 2.05) is 29.8 Å². The van der Waals surface area contributed by atoms with Crippen LogP contribution < -0.4 is 5.73 Å². The number of fused-ring (bicyclic) bond motifs is 1. The van der Waals surface area contributed by atoms with Gasteiger partial charge in [-0.05, 0) is 23.8 Å². The zero-order chi connectivity index (χ0) is 13.4. The van der Waals surface area contributed by atoms with Crippen molar-refractivity contribution >= 4 is 22.6 Å². The Balaban J connectivity index is 2.30. The fourth-order valence-corrected chi connectivity index (χ4v) is 2.65. The van der Waals surface area contributed by atoms with Crippen molar-refractivity contribution in [3.05, 3.63) is 47.4 Å². The molecule has 0 bridgehead atoms. The maximum atomic E-state index is 6.47. The maximum absolute atomic E-state index is 6.47. The minimum atomic E-state index is 0.459. The van der Waals surface area contributed by atoms with Crippen molar-refractivity contribution in [3.63, 3.8) is 0 Å². The third kappa shape index (κ3) is 1.89. The van der Waals surface area contributed by atoms with Crippen LogP contribution in [0.1, 0.15) is 5.56 Å². The minimum absolute atomic E-state index is 0.459. The molecule has 19 heavy (non-hydrogen) atoms. The third-order valence-corrected chi connectivity index (χ3v) is 3.57. The first-order chi connectivity index (χ1) is 9.22. The summed E-state index contributed by atoms with van der Waals surface area (Å²) < 4.78 is 1.98. The van der Waals surface area contributed by atoms with Crippen LogP contribution >= 0.6 is 11.6 Å². The average Bonchev–Trinajstić information content (AvgIpc) is 2.72. The van der Waals surface area contributed by atoms with Crippen LogP contribution in [-0.4, -0.2) is 14.5 Å². The van der Waals surface area contributed by atoms with Crippen LogP contribution in [0.3, 0.4) is 0 Å². The van der Waals surface area contributed by atoms with Gasteiger partial charge in [0.1, 0.15) is 5.65 Å². The first kappa shape index (κ1) is 12.1. The predicted molar refractivity (Wildman–Crippen MR) is 76.8 cm³/mol. The maximum Gasteiger partial charge on any atom is 0.141 e. The summed E-state index contributed by atoms with van der Waals surface area (Å²) in [6.07, 6.45) is 5.31.